The van der Waals surface area contributed by atoms with Gasteiger partial charge in [-0.25, -0.2) is 4.39 Å². The minimum absolute atomic E-state index is 0.214. The highest BCUT2D eigenvalue weighted by atomic mass is 19.1. The number of hydrogen-bond acceptors (Lipinski definition) is 3. The molecule has 0 fully saturated rings. The molecule has 1 rings (SSSR count). The maximum absolute atomic E-state index is 13.3. The Balaban J connectivity index is 2.76. The molecular formula is C13H21FN2O. The van der Waals surface area contributed by atoms with Crippen LogP contribution in [0.3, 0.4) is 0 Å². The number of nitrogen functional groups attached to an aromatic ring is 1. The summed E-state index contributed by atoms with van der Waals surface area (Å²) in [7, 11) is 1.44. The second kappa shape index (κ2) is 6.33. The molecule has 1 aromatic rings. The number of ether oxygens (including phenoxy) is 1. The fourth-order valence-corrected chi connectivity index (χ4v) is 1.71. The third-order valence-electron chi connectivity index (χ3n) is 3.06. The molecule has 0 aromatic heterocycles. The van der Waals surface area contributed by atoms with E-state index < -0.39 is 5.82 Å². The van der Waals surface area contributed by atoms with E-state index in [1.165, 1.54) is 13.2 Å². The molecule has 17 heavy (non-hydrogen) atoms. The second-order valence-corrected chi connectivity index (χ2v) is 4.14. The zero-order valence-electron chi connectivity index (χ0n) is 10.7. The summed E-state index contributed by atoms with van der Waals surface area (Å²) < 4.78 is 18.3. The molecule has 0 aliphatic carbocycles. The Labute approximate surface area is 102 Å². The van der Waals surface area contributed by atoms with Gasteiger partial charge in [0.2, 0.25) is 0 Å². The summed E-state index contributed by atoms with van der Waals surface area (Å²) in [5.41, 5.74) is 6.90. The molecule has 0 heterocycles. The van der Waals surface area contributed by atoms with Crippen molar-refractivity contribution in [2.24, 2.45) is 5.92 Å². The van der Waals surface area contributed by atoms with E-state index >= 15 is 0 Å². The molecular weight excluding hydrogens is 219 g/mol. The zero-order valence-corrected chi connectivity index (χ0v) is 10.7. The van der Waals surface area contributed by atoms with Crippen LogP contribution in [-0.4, -0.2) is 13.7 Å². The molecule has 1 aromatic carbocycles. The van der Waals surface area contributed by atoms with Gasteiger partial charge in [0.15, 0.2) is 11.6 Å². The van der Waals surface area contributed by atoms with Crippen molar-refractivity contribution in [3.05, 3.63) is 17.9 Å². The molecule has 0 saturated carbocycles. The van der Waals surface area contributed by atoms with E-state index in [4.69, 9.17) is 10.5 Å². The predicted molar refractivity (Wildman–Crippen MR) is 69.9 cm³/mol. The van der Waals surface area contributed by atoms with Crippen LogP contribution in [0.15, 0.2) is 12.1 Å². The van der Waals surface area contributed by atoms with Crippen molar-refractivity contribution in [3.8, 4) is 5.75 Å². The summed E-state index contributed by atoms with van der Waals surface area (Å²) in [6.07, 6.45) is 2.23. The Morgan fingerprint density at radius 1 is 1.35 bits per heavy atom. The minimum atomic E-state index is -0.432. The molecule has 4 heteroatoms. The first-order valence-corrected chi connectivity index (χ1v) is 5.99. The molecule has 0 radical (unpaired) electrons. The third kappa shape index (κ3) is 3.51. The summed E-state index contributed by atoms with van der Waals surface area (Å²) in [6, 6.07) is 2.89. The molecule has 3 nitrogen and oxygen atoms in total. The van der Waals surface area contributed by atoms with Crippen molar-refractivity contribution in [2.45, 2.75) is 26.7 Å². The number of anilines is 2. The number of nitrogens with one attached hydrogen (secondary N) is 1. The van der Waals surface area contributed by atoms with E-state index in [0.29, 0.717) is 11.6 Å². The average Bonchev–Trinajstić information content (AvgIpc) is 2.32. The average molecular weight is 240 g/mol. The van der Waals surface area contributed by atoms with E-state index in [-0.39, 0.29) is 5.75 Å². The van der Waals surface area contributed by atoms with Crippen LogP contribution in [0.4, 0.5) is 15.8 Å². The van der Waals surface area contributed by atoms with Gasteiger partial charge in [0, 0.05) is 18.7 Å². The van der Waals surface area contributed by atoms with Gasteiger partial charge < -0.3 is 15.8 Å². The van der Waals surface area contributed by atoms with Crippen LogP contribution >= 0.6 is 0 Å². The zero-order chi connectivity index (χ0) is 12.8. The van der Waals surface area contributed by atoms with Gasteiger partial charge in [0.1, 0.15) is 0 Å². The molecule has 0 aliphatic rings. The summed E-state index contributed by atoms with van der Waals surface area (Å²) >= 11 is 0. The first-order valence-electron chi connectivity index (χ1n) is 5.99. The van der Waals surface area contributed by atoms with E-state index in [0.717, 1.165) is 25.1 Å². The highest BCUT2D eigenvalue weighted by Crippen LogP contribution is 2.28. The lowest BCUT2D eigenvalue weighted by Crippen LogP contribution is -2.14. The molecule has 0 unspecified atom stereocenters. The Bertz CT molecular complexity index is 365. The monoisotopic (exact) mass is 240 g/mol. The van der Waals surface area contributed by atoms with E-state index in [2.05, 4.69) is 19.2 Å². The van der Waals surface area contributed by atoms with Crippen molar-refractivity contribution < 1.29 is 9.13 Å². The van der Waals surface area contributed by atoms with Gasteiger partial charge in [-0.2, -0.15) is 0 Å². The first-order chi connectivity index (χ1) is 8.12. The maximum Gasteiger partial charge on any atom is 0.167 e. The molecule has 0 aliphatic heterocycles. The second-order valence-electron chi connectivity index (χ2n) is 4.14. The van der Waals surface area contributed by atoms with Crippen molar-refractivity contribution in [3.63, 3.8) is 0 Å². The maximum atomic E-state index is 13.3. The molecule has 0 atom stereocenters. The molecule has 0 saturated heterocycles. The Hall–Kier alpha value is -1.45. The minimum Gasteiger partial charge on any atom is -0.494 e. The topological polar surface area (TPSA) is 47.3 Å². The predicted octanol–water partition coefficient (Wildman–Crippen LogP) is 3.26. The molecule has 0 bridgehead atoms. The first kappa shape index (κ1) is 13.6. The van der Waals surface area contributed by atoms with Crippen LogP contribution in [0.2, 0.25) is 0 Å². The molecule has 0 amide bonds. The van der Waals surface area contributed by atoms with Crippen molar-refractivity contribution in [1.82, 2.24) is 0 Å². The van der Waals surface area contributed by atoms with Gasteiger partial charge >= 0.3 is 0 Å². The largest absolute Gasteiger partial charge is 0.494 e. The molecule has 3 N–H and O–H groups in total. The van der Waals surface area contributed by atoms with Crippen molar-refractivity contribution in [2.75, 3.05) is 24.7 Å². The Kier molecular flexibility index (Phi) is 5.07. The third-order valence-corrected chi connectivity index (χ3v) is 3.06. The summed E-state index contributed by atoms with van der Waals surface area (Å²) in [5.74, 6) is 0.384. The lowest BCUT2D eigenvalue weighted by Gasteiger charge is -2.16. The van der Waals surface area contributed by atoms with Crippen molar-refractivity contribution >= 4 is 11.4 Å². The molecule has 96 valence electrons. The number of methoxy groups -OCH3 is 1. The normalized spacial score (nSPS) is 10.6. The fraction of sp³-hybridized carbons (Fsp3) is 0.538. The Morgan fingerprint density at radius 3 is 2.53 bits per heavy atom. The quantitative estimate of drug-likeness (QED) is 0.750. The Morgan fingerprint density at radius 2 is 2.00 bits per heavy atom. The van der Waals surface area contributed by atoms with Gasteiger partial charge in [-0.3, -0.25) is 0 Å². The van der Waals surface area contributed by atoms with Gasteiger partial charge in [-0.15, -0.1) is 0 Å². The van der Waals surface area contributed by atoms with Crippen LogP contribution < -0.4 is 15.8 Å². The number of hydrogen-bond donors (Lipinski definition) is 2. The van der Waals surface area contributed by atoms with Crippen molar-refractivity contribution in [1.29, 1.82) is 0 Å². The van der Waals surface area contributed by atoms with Gasteiger partial charge in [0.05, 0.1) is 18.5 Å². The fourth-order valence-electron chi connectivity index (χ4n) is 1.71. The smallest absolute Gasteiger partial charge is 0.167 e. The van der Waals surface area contributed by atoms with Gasteiger partial charge in [-0.1, -0.05) is 26.7 Å². The van der Waals surface area contributed by atoms with Crippen LogP contribution in [0, 0.1) is 11.7 Å². The molecule has 0 spiro atoms. The highest BCUT2D eigenvalue weighted by molar-refractivity contribution is 5.68. The number of benzene rings is 1. The number of halogens is 1. The lowest BCUT2D eigenvalue weighted by atomic mass is 10.0. The van der Waals surface area contributed by atoms with Gasteiger partial charge in [0.25, 0.3) is 0 Å². The van der Waals surface area contributed by atoms with Crippen LogP contribution in [0.25, 0.3) is 0 Å². The highest BCUT2D eigenvalue weighted by Gasteiger charge is 2.09. The SMILES string of the molecule is CCC(CC)CNc1cc(OC)c(F)cc1N. The van der Waals surface area contributed by atoms with Crippen LogP contribution in [0.5, 0.6) is 5.75 Å². The summed E-state index contributed by atoms with van der Waals surface area (Å²) in [4.78, 5) is 0. The summed E-state index contributed by atoms with van der Waals surface area (Å²) in [6.45, 7) is 5.15. The van der Waals surface area contributed by atoms with E-state index in [1.54, 1.807) is 6.07 Å². The summed E-state index contributed by atoms with van der Waals surface area (Å²) in [5, 5.41) is 3.25. The number of rotatable bonds is 6. The lowest BCUT2D eigenvalue weighted by molar-refractivity contribution is 0.387. The van der Waals surface area contributed by atoms with Crippen LogP contribution in [0.1, 0.15) is 26.7 Å². The van der Waals surface area contributed by atoms with E-state index in [9.17, 15) is 4.39 Å². The number of nitrogens with two attached hydrogens (primary N) is 1. The van der Waals surface area contributed by atoms with E-state index in [1.807, 2.05) is 0 Å². The standard InChI is InChI=1S/C13H21FN2O/c1-4-9(5-2)8-16-12-7-13(17-3)10(14)6-11(12)15/h6-7,9,16H,4-5,8,15H2,1-3H3. The van der Waals surface area contributed by atoms with Gasteiger partial charge in [-0.05, 0) is 5.92 Å². The van der Waals surface area contributed by atoms with Crippen LogP contribution in [-0.2, 0) is 0 Å².